The molecule has 0 radical (unpaired) electrons. The van der Waals surface area contributed by atoms with Gasteiger partial charge in [-0.15, -0.1) is 0 Å². The fraction of sp³-hybridized carbons (Fsp3) is 0.250. The van der Waals surface area contributed by atoms with E-state index in [1.165, 1.54) is 11.1 Å². The van der Waals surface area contributed by atoms with Gasteiger partial charge in [-0.25, -0.2) is 0 Å². The van der Waals surface area contributed by atoms with Crippen molar-refractivity contribution in [3.63, 3.8) is 0 Å². The van der Waals surface area contributed by atoms with Gasteiger partial charge in [-0.05, 0) is 22.8 Å². The Balaban J connectivity index is 1.50. The Bertz CT molecular complexity index is 899. The van der Waals surface area contributed by atoms with Gasteiger partial charge >= 0.3 is 0 Å². The predicted molar refractivity (Wildman–Crippen MR) is 112 cm³/mol. The predicted octanol–water partition coefficient (Wildman–Crippen LogP) is 3.12. The van der Waals surface area contributed by atoms with Crippen LogP contribution in [0.2, 0.25) is 0 Å². The van der Waals surface area contributed by atoms with Crippen molar-refractivity contribution in [1.29, 1.82) is 0 Å². The van der Waals surface area contributed by atoms with Gasteiger partial charge in [0, 0.05) is 38.6 Å². The molecular formula is C24H25N3O2. The molecule has 0 saturated carbocycles. The number of benzene rings is 2. The van der Waals surface area contributed by atoms with Gasteiger partial charge in [0.25, 0.3) is 5.91 Å². The number of pyridine rings is 1. The van der Waals surface area contributed by atoms with Crippen LogP contribution in [0.5, 0.6) is 0 Å². The molecule has 2 aromatic carbocycles. The highest BCUT2D eigenvalue weighted by Gasteiger charge is 2.28. The maximum atomic E-state index is 12.9. The lowest BCUT2D eigenvalue weighted by atomic mass is 9.96. The zero-order valence-corrected chi connectivity index (χ0v) is 16.3. The molecule has 1 N–H and O–H groups in total. The molecule has 1 saturated heterocycles. The number of carbonyl (C=O) groups excluding carboxylic acids is 1. The van der Waals surface area contributed by atoms with Crippen LogP contribution in [0.1, 0.15) is 33.1 Å². The second kappa shape index (κ2) is 8.99. The summed E-state index contributed by atoms with van der Waals surface area (Å²) in [5.41, 5.74) is 3.71. The normalized spacial score (nSPS) is 14.9. The zero-order valence-electron chi connectivity index (χ0n) is 16.3. The van der Waals surface area contributed by atoms with Crippen molar-refractivity contribution in [2.75, 3.05) is 26.2 Å². The van der Waals surface area contributed by atoms with Gasteiger partial charge < -0.3 is 10.0 Å². The average molecular weight is 387 g/mol. The van der Waals surface area contributed by atoms with Crippen molar-refractivity contribution in [3.8, 4) is 0 Å². The van der Waals surface area contributed by atoms with E-state index in [9.17, 15) is 9.90 Å². The Kier molecular flexibility index (Phi) is 5.98. The van der Waals surface area contributed by atoms with Gasteiger partial charge in [0.1, 0.15) is 0 Å². The van der Waals surface area contributed by atoms with E-state index in [2.05, 4.69) is 58.4 Å². The molecule has 2 heterocycles. The summed E-state index contributed by atoms with van der Waals surface area (Å²) >= 11 is 0. The molecule has 5 heteroatoms. The van der Waals surface area contributed by atoms with Gasteiger partial charge in [0.15, 0.2) is 0 Å². The fourth-order valence-corrected chi connectivity index (χ4v) is 3.94. The van der Waals surface area contributed by atoms with E-state index in [1.54, 1.807) is 18.5 Å². The Morgan fingerprint density at radius 1 is 0.897 bits per heavy atom. The van der Waals surface area contributed by atoms with E-state index >= 15 is 0 Å². The minimum atomic E-state index is -0.113. The quantitative estimate of drug-likeness (QED) is 0.731. The SMILES string of the molecule is O=C(c1cncc(CO)c1)N1CCN(C(c2ccccc2)c2ccccc2)CC1. The number of rotatable bonds is 5. The number of aromatic nitrogens is 1. The van der Waals surface area contributed by atoms with Crippen molar-refractivity contribution in [1.82, 2.24) is 14.8 Å². The van der Waals surface area contributed by atoms with Crippen molar-refractivity contribution < 1.29 is 9.90 Å². The Labute approximate surface area is 171 Å². The lowest BCUT2D eigenvalue weighted by Crippen LogP contribution is -2.49. The van der Waals surface area contributed by atoms with Crippen LogP contribution in [0, 0.1) is 0 Å². The molecule has 3 aromatic rings. The standard InChI is InChI=1S/C24H25N3O2/c28-18-19-15-22(17-25-16-19)24(29)27-13-11-26(12-14-27)23(20-7-3-1-4-8-20)21-9-5-2-6-10-21/h1-10,15-17,23,28H,11-14,18H2. The summed E-state index contributed by atoms with van der Waals surface area (Å²) in [7, 11) is 0. The third kappa shape index (κ3) is 4.36. The number of aliphatic hydroxyl groups excluding tert-OH is 1. The van der Waals surface area contributed by atoms with Gasteiger partial charge in [-0.1, -0.05) is 60.7 Å². The third-order valence-corrected chi connectivity index (χ3v) is 5.42. The minimum absolute atomic E-state index is 0.0246. The molecule has 29 heavy (non-hydrogen) atoms. The first kappa shape index (κ1) is 19.3. The number of carbonyl (C=O) groups is 1. The first-order chi connectivity index (χ1) is 14.3. The summed E-state index contributed by atoms with van der Waals surface area (Å²) < 4.78 is 0. The van der Waals surface area contributed by atoms with Crippen molar-refractivity contribution in [3.05, 3.63) is 101 Å². The van der Waals surface area contributed by atoms with E-state index in [0.717, 1.165) is 13.1 Å². The highest BCUT2D eigenvalue weighted by molar-refractivity contribution is 5.94. The summed E-state index contributed by atoms with van der Waals surface area (Å²) in [6.45, 7) is 2.81. The average Bonchev–Trinajstić information content (AvgIpc) is 2.81. The first-order valence-corrected chi connectivity index (χ1v) is 9.94. The molecular weight excluding hydrogens is 362 g/mol. The number of nitrogens with zero attached hydrogens (tertiary/aromatic N) is 3. The maximum absolute atomic E-state index is 12.9. The molecule has 1 aliphatic rings. The van der Waals surface area contributed by atoms with Crippen LogP contribution in [0.3, 0.4) is 0 Å². The highest BCUT2D eigenvalue weighted by Crippen LogP contribution is 2.29. The van der Waals surface area contributed by atoms with E-state index in [0.29, 0.717) is 24.2 Å². The third-order valence-electron chi connectivity index (χ3n) is 5.42. The van der Waals surface area contributed by atoms with Crippen LogP contribution in [0.25, 0.3) is 0 Å². The number of aliphatic hydroxyl groups is 1. The van der Waals surface area contributed by atoms with Gasteiger partial charge in [0.05, 0.1) is 18.2 Å². The molecule has 0 bridgehead atoms. The fourth-order valence-electron chi connectivity index (χ4n) is 3.94. The maximum Gasteiger partial charge on any atom is 0.255 e. The summed E-state index contributed by atoms with van der Waals surface area (Å²) in [4.78, 5) is 21.3. The Morgan fingerprint density at radius 2 is 1.48 bits per heavy atom. The number of hydrogen-bond donors (Lipinski definition) is 1. The largest absolute Gasteiger partial charge is 0.392 e. The molecule has 0 spiro atoms. The summed E-state index contributed by atoms with van der Waals surface area (Å²) in [6.07, 6.45) is 3.16. The number of amides is 1. The lowest BCUT2D eigenvalue weighted by molar-refractivity contribution is 0.0597. The molecule has 1 amide bonds. The number of piperazine rings is 1. The Hall–Kier alpha value is -3.02. The van der Waals surface area contributed by atoms with Crippen LogP contribution in [-0.2, 0) is 6.61 Å². The molecule has 1 aromatic heterocycles. The van der Waals surface area contributed by atoms with Crippen LogP contribution >= 0.6 is 0 Å². The zero-order chi connectivity index (χ0) is 20.1. The lowest BCUT2D eigenvalue weighted by Gasteiger charge is -2.39. The molecule has 1 fully saturated rings. The van der Waals surface area contributed by atoms with Gasteiger partial charge in [-0.2, -0.15) is 0 Å². The highest BCUT2D eigenvalue weighted by atomic mass is 16.3. The summed E-state index contributed by atoms with van der Waals surface area (Å²) in [6, 6.07) is 22.9. The van der Waals surface area contributed by atoms with E-state index < -0.39 is 0 Å². The van der Waals surface area contributed by atoms with E-state index in [1.807, 2.05) is 17.0 Å². The van der Waals surface area contributed by atoms with Crippen LogP contribution in [-0.4, -0.2) is 52.0 Å². The van der Waals surface area contributed by atoms with Crippen LogP contribution in [0.4, 0.5) is 0 Å². The second-order valence-electron chi connectivity index (χ2n) is 7.29. The summed E-state index contributed by atoms with van der Waals surface area (Å²) in [5.74, 6) is -0.0246. The monoisotopic (exact) mass is 387 g/mol. The second-order valence-corrected chi connectivity index (χ2v) is 7.29. The molecule has 148 valence electrons. The molecule has 1 aliphatic heterocycles. The van der Waals surface area contributed by atoms with Crippen LogP contribution in [0.15, 0.2) is 79.1 Å². The van der Waals surface area contributed by atoms with Gasteiger partial charge in [-0.3, -0.25) is 14.7 Å². The van der Waals surface area contributed by atoms with E-state index in [4.69, 9.17) is 0 Å². The first-order valence-electron chi connectivity index (χ1n) is 9.94. The molecule has 0 atom stereocenters. The smallest absolute Gasteiger partial charge is 0.255 e. The summed E-state index contributed by atoms with van der Waals surface area (Å²) in [5, 5.41) is 9.29. The molecule has 0 unspecified atom stereocenters. The van der Waals surface area contributed by atoms with Crippen LogP contribution < -0.4 is 0 Å². The van der Waals surface area contributed by atoms with Crippen molar-refractivity contribution in [2.45, 2.75) is 12.6 Å². The molecule has 4 rings (SSSR count). The molecule has 5 nitrogen and oxygen atoms in total. The van der Waals surface area contributed by atoms with Crippen molar-refractivity contribution >= 4 is 5.91 Å². The molecule has 0 aliphatic carbocycles. The van der Waals surface area contributed by atoms with Crippen molar-refractivity contribution in [2.24, 2.45) is 0 Å². The Morgan fingerprint density at radius 3 is 2.03 bits per heavy atom. The minimum Gasteiger partial charge on any atom is -0.392 e. The van der Waals surface area contributed by atoms with Gasteiger partial charge in [0.2, 0.25) is 0 Å². The number of hydrogen-bond acceptors (Lipinski definition) is 4. The topological polar surface area (TPSA) is 56.7 Å². The van der Waals surface area contributed by atoms with E-state index in [-0.39, 0.29) is 18.6 Å².